The molecule has 2 aromatic rings. The Balaban J connectivity index is 1.99. The van der Waals surface area contributed by atoms with Crippen molar-refractivity contribution < 1.29 is 19.2 Å². The average Bonchev–Trinajstić information content (AvgIpc) is 2.60. The molecule has 0 aromatic heterocycles. The highest BCUT2D eigenvalue weighted by Gasteiger charge is 2.17. The van der Waals surface area contributed by atoms with Crippen LogP contribution in [-0.4, -0.2) is 24.5 Å². The zero-order chi connectivity index (χ0) is 18.4. The standard InChI is InChI=1S/C18H20N2O5/c1-12(2)13-4-6-14(7-5-13)19-18(21)11-25-17-9-8-15(24-3)10-16(17)20(22)23/h4-10,12H,11H2,1-3H3,(H,19,21). The van der Waals surface area contributed by atoms with Crippen LogP contribution < -0.4 is 14.8 Å². The van der Waals surface area contributed by atoms with E-state index in [9.17, 15) is 14.9 Å². The monoisotopic (exact) mass is 344 g/mol. The Labute approximate surface area is 145 Å². The number of nitrogens with one attached hydrogen (secondary N) is 1. The Morgan fingerprint density at radius 1 is 1.20 bits per heavy atom. The van der Waals surface area contributed by atoms with Crippen molar-refractivity contribution in [1.29, 1.82) is 0 Å². The molecule has 2 rings (SSSR count). The predicted octanol–water partition coefficient (Wildman–Crippen LogP) is 3.74. The van der Waals surface area contributed by atoms with Gasteiger partial charge in [-0.25, -0.2) is 0 Å². The molecule has 1 N–H and O–H groups in total. The van der Waals surface area contributed by atoms with Gasteiger partial charge in [0.15, 0.2) is 12.4 Å². The van der Waals surface area contributed by atoms with Gasteiger partial charge >= 0.3 is 5.69 Å². The number of nitro benzene ring substituents is 1. The third-order valence-electron chi connectivity index (χ3n) is 3.58. The van der Waals surface area contributed by atoms with Gasteiger partial charge in [0.1, 0.15) is 5.75 Å². The van der Waals surface area contributed by atoms with Crippen LogP contribution in [0.25, 0.3) is 0 Å². The molecule has 0 aliphatic heterocycles. The van der Waals surface area contributed by atoms with Gasteiger partial charge in [-0.1, -0.05) is 26.0 Å². The first-order chi connectivity index (χ1) is 11.9. The molecule has 0 bridgehead atoms. The van der Waals surface area contributed by atoms with E-state index in [2.05, 4.69) is 19.2 Å². The largest absolute Gasteiger partial charge is 0.496 e. The molecule has 0 aliphatic carbocycles. The fourth-order valence-electron chi connectivity index (χ4n) is 2.18. The van der Waals surface area contributed by atoms with Gasteiger partial charge in [0.2, 0.25) is 0 Å². The minimum atomic E-state index is -0.583. The van der Waals surface area contributed by atoms with Crippen LogP contribution in [0.5, 0.6) is 11.5 Å². The van der Waals surface area contributed by atoms with E-state index >= 15 is 0 Å². The summed E-state index contributed by atoms with van der Waals surface area (Å²) in [6.45, 7) is 3.84. The Bertz CT molecular complexity index is 757. The van der Waals surface area contributed by atoms with Crippen LogP contribution in [0.3, 0.4) is 0 Å². The molecule has 25 heavy (non-hydrogen) atoms. The van der Waals surface area contributed by atoms with Gasteiger partial charge in [-0.3, -0.25) is 14.9 Å². The molecule has 0 saturated heterocycles. The first-order valence-corrected chi connectivity index (χ1v) is 7.75. The maximum atomic E-state index is 12.0. The summed E-state index contributed by atoms with van der Waals surface area (Å²) < 4.78 is 10.2. The zero-order valence-electron chi connectivity index (χ0n) is 14.3. The van der Waals surface area contributed by atoms with Crippen molar-refractivity contribution in [2.75, 3.05) is 19.0 Å². The Hall–Kier alpha value is -3.09. The Morgan fingerprint density at radius 2 is 1.88 bits per heavy atom. The smallest absolute Gasteiger partial charge is 0.314 e. The zero-order valence-corrected chi connectivity index (χ0v) is 14.3. The molecule has 1 amide bonds. The lowest BCUT2D eigenvalue weighted by Gasteiger charge is -2.10. The van der Waals surface area contributed by atoms with Gasteiger partial charge in [-0.2, -0.15) is 0 Å². The molecule has 132 valence electrons. The maximum absolute atomic E-state index is 12.0. The summed E-state index contributed by atoms with van der Waals surface area (Å²) in [5.74, 6) is 0.357. The molecular formula is C18H20N2O5. The minimum Gasteiger partial charge on any atom is -0.496 e. The molecule has 7 nitrogen and oxygen atoms in total. The molecule has 0 unspecified atom stereocenters. The van der Waals surface area contributed by atoms with E-state index in [0.29, 0.717) is 17.4 Å². The number of nitro groups is 1. The van der Waals surface area contributed by atoms with E-state index in [-0.39, 0.29) is 18.0 Å². The number of ether oxygens (including phenoxy) is 2. The summed E-state index contributed by atoms with van der Waals surface area (Å²) in [5, 5.41) is 13.8. The van der Waals surface area contributed by atoms with Gasteiger partial charge in [0.25, 0.3) is 5.91 Å². The highest BCUT2D eigenvalue weighted by atomic mass is 16.6. The van der Waals surface area contributed by atoms with E-state index in [4.69, 9.17) is 9.47 Å². The molecule has 0 atom stereocenters. The fourth-order valence-corrected chi connectivity index (χ4v) is 2.18. The van der Waals surface area contributed by atoms with Crippen molar-refractivity contribution >= 4 is 17.3 Å². The molecule has 0 heterocycles. The van der Waals surface area contributed by atoms with Crippen LogP contribution in [0.4, 0.5) is 11.4 Å². The molecule has 0 radical (unpaired) electrons. The lowest BCUT2D eigenvalue weighted by atomic mass is 10.0. The summed E-state index contributed by atoms with van der Waals surface area (Å²) in [4.78, 5) is 22.5. The molecule has 7 heteroatoms. The van der Waals surface area contributed by atoms with Crippen LogP contribution >= 0.6 is 0 Å². The van der Waals surface area contributed by atoms with E-state index < -0.39 is 10.8 Å². The van der Waals surface area contributed by atoms with Gasteiger partial charge in [-0.15, -0.1) is 0 Å². The molecule has 0 fully saturated rings. The van der Waals surface area contributed by atoms with Gasteiger partial charge in [0.05, 0.1) is 18.1 Å². The molecule has 0 spiro atoms. The number of rotatable bonds is 7. The van der Waals surface area contributed by atoms with Crippen molar-refractivity contribution in [2.24, 2.45) is 0 Å². The third kappa shape index (κ3) is 4.94. The first-order valence-electron chi connectivity index (χ1n) is 7.75. The van der Waals surface area contributed by atoms with Crippen LogP contribution in [0.1, 0.15) is 25.3 Å². The molecular weight excluding hydrogens is 324 g/mol. The third-order valence-corrected chi connectivity index (χ3v) is 3.58. The van der Waals surface area contributed by atoms with Gasteiger partial charge < -0.3 is 14.8 Å². The van der Waals surface area contributed by atoms with Crippen LogP contribution in [0.15, 0.2) is 42.5 Å². The Morgan fingerprint density at radius 3 is 2.44 bits per heavy atom. The van der Waals surface area contributed by atoms with Gasteiger partial charge in [-0.05, 0) is 35.7 Å². The highest BCUT2D eigenvalue weighted by molar-refractivity contribution is 5.91. The lowest BCUT2D eigenvalue weighted by molar-refractivity contribution is -0.385. The molecule has 2 aromatic carbocycles. The van der Waals surface area contributed by atoms with Crippen molar-refractivity contribution in [2.45, 2.75) is 19.8 Å². The number of hydrogen-bond acceptors (Lipinski definition) is 5. The second-order valence-electron chi connectivity index (χ2n) is 5.70. The second kappa shape index (κ2) is 8.14. The van der Waals surface area contributed by atoms with Crippen LogP contribution in [-0.2, 0) is 4.79 Å². The van der Waals surface area contributed by atoms with E-state index in [0.717, 1.165) is 0 Å². The molecule has 0 saturated carbocycles. The second-order valence-corrected chi connectivity index (χ2v) is 5.70. The quantitative estimate of drug-likeness (QED) is 0.610. The van der Waals surface area contributed by atoms with Crippen LogP contribution in [0, 0.1) is 10.1 Å². The summed E-state index contributed by atoms with van der Waals surface area (Å²) in [5.41, 5.74) is 1.55. The van der Waals surface area contributed by atoms with E-state index in [1.54, 1.807) is 0 Å². The minimum absolute atomic E-state index is 0.0103. The lowest BCUT2D eigenvalue weighted by Crippen LogP contribution is -2.20. The van der Waals surface area contributed by atoms with E-state index in [1.807, 2.05) is 24.3 Å². The van der Waals surface area contributed by atoms with E-state index in [1.165, 1.54) is 30.9 Å². The summed E-state index contributed by atoms with van der Waals surface area (Å²) in [6.07, 6.45) is 0. The summed E-state index contributed by atoms with van der Waals surface area (Å²) in [6, 6.07) is 11.7. The SMILES string of the molecule is COc1ccc(OCC(=O)Nc2ccc(C(C)C)cc2)c([N+](=O)[O-])c1. The Kier molecular flexibility index (Phi) is 5.94. The van der Waals surface area contributed by atoms with Crippen molar-refractivity contribution in [1.82, 2.24) is 0 Å². The number of hydrogen-bond donors (Lipinski definition) is 1. The van der Waals surface area contributed by atoms with Crippen LogP contribution in [0.2, 0.25) is 0 Å². The summed E-state index contributed by atoms with van der Waals surface area (Å²) >= 11 is 0. The normalized spacial score (nSPS) is 10.4. The maximum Gasteiger partial charge on any atom is 0.314 e. The number of nitrogens with zero attached hydrogens (tertiary/aromatic N) is 1. The number of carbonyl (C=O) groups is 1. The number of carbonyl (C=O) groups excluding carboxylic acids is 1. The van der Waals surface area contributed by atoms with Crippen molar-refractivity contribution in [3.63, 3.8) is 0 Å². The number of benzene rings is 2. The predicted molar refractivity (Wildman–Crippen MR) is 94.3 cm³/mol. The average molecular weight is 344 g/mol. The highest BCUT2D eigenvalue weighted by Crippen LogP contribution is 2.31. The topological polar surface area (TPSA) is 90.7 Å². The van der Waals surface area contributed by atoms with Crippen molar-refractivity contribution in [3.05, 3.63) is 58.1 Å². The first kappa shape index (κ1) is 18.3. The molecule has 0 aliphatic rings. The number of methoxy groups -OCH3 is 1. The summed E-state index contributed by atoms with van der Waals surface area (Å²) in [7, 11) is 1.41. The number of amides is 1. The number of anilines is 1. The van der Waals surface area contributed by atoms with Crippen molar-refractivity contribution in [3.8, 4) is 11.5 Å². The fraction of sp³-hybridized carbons (Fsp3) is 0.278. The van der Waals surface area contributed by atoms with Gasteiger partial charge in [0, 0.05) is 5.69 Å².